The van der Waals surface area contributed by atoms with Crippen molar-refractivity contribution >= 4 is 49.3 Å². The topological polar surface area (TPSA) is 92.9 Å². The SMILES string of the molecule is COc1cc(C2c3c(oc4ccc(C)cc4c3=O)C(=O)N2c2nccs2)cc(Br)c1O. The molecule has 1 aliphatic rings. The number of hydrogen-bond donors (Lipinski definition) is 1. The molecule has 156 valence electrons. The molecular weight excluding hydrogens is 484 g/mol. The number of ether oxygens (including phenoxy) is 1. The Balaban J connectivity index is 1.85. The highest BCUT2D eigenvalue weighted by Crippen LogP contribution is 2.45. The molecule has 4 aromatic rings. The average molecular weight is 499 g/mol. The highest BCUT2D eigenvalue weighted by atomic mass is 79.9. The number of aromatic hydroxyl groups is 1. The molecule has 5 rings (SSSR count). The van der Waals surface area contributed by atoms with Crippen molar-refractivity contribution in [1.29, 1.82) is 0 Å². The Bertz CT molecular complexity index is 1410. The second-order valence-corrected chi connectivity index (χ2v) is 8.85. The number of nitrogens with zero attached hydrogens (tertiary/aromatic N) is 2. The van der Waals surface area contributed by atoms with E-state index in [1.165, 1.54) is 23.3 Å². The van der Waals surface area contributed by atoms with E-state index in [4.69, 9.17) is 9.15 Å². The minimum Gasteiger partial charge on any atom is -0.503 e. The number of aryl methyl sites for hydroxylation is 1. The molecule has 3 heterocycles. The Morgan fingerprint density at radius 1 is 1.26 bits per heavy atom. The van der Waals surface area contributed by atoms with E-state index in [9.17, 15) is 14.7 Å². The van der Waals surface area contributed by atoms with Gasteiger partial charge in [-0.15, -0.1) is 11.3 Å². The fourth-order valence-electron chi connectivity index (χ4n) is 3.84. The van der Waals surface area contributed by atoms with Crippen molar-refractivity contribution in [3.05, 3.63) is 79.1 Å². The Hall–Kier alpha value is -3.17. The number of aromatic nitrogens is 1. The smallest absolute Gasteiger partial charge is 0.297 e. The standard InChI is InChI=1S/C22H15BrN2O5S/c1-10-3-4-14-12(7-10)18(26)16-17(11-8-13(23)19(27)15(9-11)29-2)25(21(28)20(16)30-14)22-24-5-6-31-22/h3-9,17,27H,1-2H3. The number of halogens is 1. The molecule has 0 saturated carbocycles. The monoisotopic (exact) mass is 498 g/mol. The molecule has 2 aromatic carbocycles. The fourth-order valence-corrected chi connectivity index (χ4v) is 4.97. The van der Waals surface area contributed by atoms with E-state index in [0.717, 1.165) is 5.56 Å². The third kappa shape index (κ3) is 2.95. The molecule has 1 atom stereocenters. The zero-order valence-electron chi connectivity index (χ0n) is 16.4. The number of methoxy groups -OCH3 is 1. The number of amides is 1. The molecule has 9 heteroatoms. The molecular formula is C22H15BrN2O5S. The van der Waals surface area contributed by atoms with Gasteiger partial charge in [0.2, 0.25) is 5.76 Å². The first-order chi connectivity index (χ1) is 14.9. The Kier molecular flexibility index (Phi) is 4.60. The normalized spacial score (nSPS) is 15.5. The van der Waals surface area contributed by atoms with Crippen LogP contribution in [0.1, 0.15) is 33.3 Å². The first-order valence-corrected chi connectivity index (χ1v) is 10.9. The molecule has 1 unspecified atom stereocenters. The van der Waals surface area contributed by atoms with E-state index in [2.05, 4.69) is 20.9 Å². The van der Waals surface area contributed by atoms with Gasteiger partial charge in [0.15, 0.2) is 22.1 Å². The van der Waals surface area contributed by atoms with Gasteiger partial charge in [-0.05, 0) is 52.7 Å². The second kappa shape index (κ2) is 7.21. The predicted octanol–water partition coefficient (Wildman–Crippen LogP) is 4.78. The number of anilines is 1. The lowest BCUT2D eigenvalue weighted by Gasteiger charge is -2.23. The number of carbonyl (C=O) groups excluding carboxylic acids is 1. The van der Waals surface area contributed by atoms with E-state index in [0.29, 0.717) is 26.1 Å². The highest BCUT2D eigenvalue weighted by Gasteiger charge is 2.45. The van der Waals surface area contributed by atoms with Crippen LogP contribution in [0.25, 0.3) is 11.0 Å². The fraction of sp³-hybridized carbons (Fsp3) is 0.136. The molecule has 0 radical (unpaired) electrons. The molecule has 0 fully saturated rings. The van der Waals surface area contributed by atoms with Crippen LogP contribution in [0.3, 0.4) is 0 Å². The van der Waals surface area contributed by atoms with Crippen LogP contribution in [0, 0.1) is 6.92 Å². The van der Waals surface area contributed by atoms with Gasteiger partial charge in [0.05, 0.1) is 28.6 Å². The van der Waals surface area contributed by atoms with Gasteiger partial charge >= 0.3 is 0 Å². The van der Waals surface area contributed by atoms with Crippen molar-refractivity contribution < 1.29 is 19.1 Å². The molecule has 2 aromatic heterocycles. The zero-order valence-corrected chi connectivity index (χ0v) is 18.8. The van der Waals surface area contributed by atoms with Crippen LogP contribution >= 0.6 is 27.3 Å². The summed E-state index contributed by atoms with van der Waals surface area (Å²) >= 11 is 4.61. The molecule has 7 nitrogen and oxygen atoms in total. The lowest BCUT2D eigenvalue weighted by molar-refractivity contribution is 0.0971. The van der Waals surface area contributed by atoms with Gasteiger partial charge in [-0.3, -0.25) is 14.5 Å². The number of hydrogen-bond acceptors (Lipinski definition) is 7. The van der Waals surface area contributed by atoms with Crippen LogP contribution in [-0.2, 0) is 0 Å². The van der Waals surface area contributed by atoms with Crippen LogP contribution in [0.4, 0.5) is 5.13 Å². The maximum absolute atomic E-state index is 13.6. The second-order valence-electron chi connectivity index (χ2n) is 7.12. The van der Waals surface area contributed by atoms with Crippen molar-refractivity contribution in [2.24, 2.45) is 0 Å². The average Bonchev–Trinajstić information content (AvgIpc) is 3.37. The minimum absolute atomic E-state index is 0.00952. The molecule has 1 N–H and O–H groups in total. The third-order valence-electron chi connectivity index (χ3n) is 5.24. The minimum atomic E-state index is -0.791. The Labute approximate surface area is 188 Å². The Morgan fingerprint density at radius 3 is 2.77 bits per heavy atom. The van der Waals surface area contributed by atoms with E-state index in [1.54, 1.807) is 35.8 Å². The lowest BCUT2D eigenvalue weighted by Crippen LogP contribution is -2.29. The van der Waals surface area contributed by atoms with Crippen LogP contribution in [-0.4, -0.2) is 23.1 Å². The summed E-state index contributed by atoms with van der Waals surface area (Å²) in [4.78, 5) is 32.7. The molecule has 31 heavy (non-hydrogen) atoms. The largest absolute Gasteiger partial charge is 0.503 e. The highest BCUT2D eigenvalue weighted by molar-refractivity contribution is 9.10. The van der Waals surface area contributed by atoms with Crippen LogP contribution in [0.5, 0.6) is 11.5 Å². The first-order valence-electron chi connectivity index (χ1n) is 9.27. The summed E-state index contributed by atoms with van der Waals surface area (Å²) < 4.78 is 11.6. The maximum atomic E-state index is 13.6. The quantitative estimate of drug-likeness (QED) is 0.436. The molecule has 1 aliphatic heterocycles. The summed E-state index contributed by atoms with van der Waals surface area (Å²) in [6.07, 6.45) is 1.59. The molecule has 0 aliphatic carbocycles. The number of thiazole rings is 1. The molecule has 0 saturated heterocycles. The van der Waals surface area contributed by atoms with Crippen LogP contribution in [0.15, 0.2) is 55.6 Å². The van der Waals surface area contributed by atoms with Crippen molar-refractivity contribution in [3.8, 4) is 11.5 Å². The van der Waals surface area contributed by atoms with Gasteiger partial charge in [0.1, 0.15) is 5.58 Å². The van der Waals surface area contributed by atoms with Gasteiger partial charge in [-0.1, -0.05) is 11.6 Å². The summed E-state index contributed by atoms with van der Waals surface area (Å²) in [6, 6.07) is 7.75. The lowest BCUT2D eigenvalue weighted by atomic mass is 9.98. The van der Waals surface area contributed by atoms with E-state index < -0.39 is 11.9 Å². The van der Waals surface area contributed by atoms with Gasteiger partial charge in [0, 0.05) is 11.6 Å². The molecule has 0 spiro atoms. The molecule has 1 amide bonds. The van der Waals surface area contributed by atoms with Gasteiger partial charge in [0.25, 0.3) is 5.91 Å². The number of carbonyl (C=O) groups is 1. The maximum Gasteiger partial charge on any atom is 0.297 e. The summed E-state index contributed by atoms with van der Waals surface area (Å²) in [7, 11) is 1.43. The van der Waals surface area contributed by atoms with Crippen molar-refractivity contribution in [2.75, 3.05) is 12.0 Å². The first kappa shape index (κ1) is 19.8. The number of benzene rings is 2. The van der Waals surface area contributed by atoms with Gasteiger partial charge in [-0.25, -0.2) is 4.98 Å². The number of rotatable bonds is 3. The zero-order chi connectivity index (χ0) is 21.9. The Morgan fingerprint density at radius 2 is 2.06 bits per heavy atom. The van der Waals surface area contributed by atoms with Gasteiger partial charge < -0.3 is 14.3 Å². The van der Waals surface area contributed by atoms with E-state index in [1.807, 2.05) is 13.0 Å². The summed E-state index contributed by atoms with van der Waals surface area (Å²) in [5.41, 5.74) is 1.79. The predicted molar refractivity (Wildman–Crippen MR) is 120 cm³/mol. The van der Waals surface area contributed by atoms with Crippen molar-refractivity contribution in [1.82, 2.24) is 4.98 Å². The molecule has 0 bridgehead atoms. The van der Waals surface area contributed by atoms with Crippen molar-refractivity contribution in [2.45, 2.75) is 13.0 Å². The number of phenolic OH excluding ortho intramolecular Hbond substituents is 1. The summed E-state index contributed by atoms with van der Waals surface area (Å²) in [5, 5.41) is 12.8. The van der Waals surface area contributed by atoms with Crippen LogP contribution in [0.2, 0.25) is 0 Å². The third-order valence-corrected chi connectivity index (χ3v) is 6.61. The van der Waals surface area contributed by atoms with Crippen LogP contribution < -0.4 is 15.1 Å². The summed E-state index contributed by atoms with van der Waals surface area (Å²) in [5.74, 6) is -0.314. The number of fused-ring (bicyclic) bond motifs is 2. The van der Waals surface area contributed by atoms with Crippen molar-refractivity contribution in [3.63, 3.8) is 0 Å². The number of phenols is 1. The van der Waals surface area contributed by atoms with E-state index >= 15 is 0 Å². The van der Waals surface area contributed by atoms with Gasteiger partial charge in [-0.2, -0.15) is 0 Å². The summed E-state index contributed by atoms with van der Waals surface area (Å²) in [6.45, 7) is 1.89. The van der Waals surface area contributed by atoms with E-state index in [-0.39, 0.29) is 28.3 Å².